The lowest BCUT2D eigenvalue weighted by Gasteiger charge is -2.35. The van der Waals surface area contributed by atoms with Crippen molar-refractivity contribution < 1.29 is 23.8 Å². The van der Waals surface area contributed by atoms with Gasteiger partial charge in [-0.05, 0) is 92.7 Å². The third-order valence-corrected chi connectivity index (χ3v) is 11.8. The van der Waals surface area contributed by atoms with E-state index in [0.717, 1.165) is 61.1 Å². The van der Waals surface area contributed by atoms with Crippen LogP contribution in [-0.2, 0) is 9.59 Å². The number of likely N-dealkylation sites (tertiary alicyclic amines) is 2. The number of amides is 1. The average molecular weight is 654 g/mol. The summed E-state index contributed by atoms with van der Waals surface area (Å²) in [7, 11) is 1.62. The van der Waals surface area contributed by atoms with Crippen LogP contribution in [0.2, 0.25) is 5.02 Å². The van der Waals surface area contributed by atoms with Crippen LogP contribution >= 0.6 is 11.6 Å². The first-order valence-corrected chi connectivity index (χ1v) is 17.6. The Kier molecular flexibility index (Phi) is 9.86. The first-order valence-electron chi connectivity index (χ1n) is 17.3. The topological polar surface area (TPSA) is 73.3 Å². The normalized spacial score (nSPS) is 30.9. The summed E-state index contributed by atoms with van der Waals surface area (Å²) < 4.78 is 23.2. The van der Waals surface area contributed by atoms with Crippen molar-refractivity contribution in [1.82, 2.24) is 9.80 Å². The Balaban J connectivity index is 1.27. The minimum absolute atomic E-state index is 0.0405. The molecule has 0 unspecified atom stereocenters. The molecule has 2 aromatic rings. The molecule has 2 aromatic carbocycles. The number of aliphatic carboxylic acids is 1. The number of ether oxygens (including phenoxy) is 1. The molecule has 250 valence electrons. The molecule has 4 atom stereocenters. The molecule has 1 saturated carbocycles. The van der Waals surface area contributed by atoms with Crippen LogP contribution in [0.4, 0.5) is 10.1 Å². The predicted octanol–water partition coefficient (Wildman–Crippen LogP) is 7.13. The monoisotopic (exact) mass is 653 g/mol. The Labute approximate surface area is 278 Å². The molecular formula is C37H49ClFN3O4. The van der Waals surface area contributed by atoms with Gasteiger partial charge in [-0.25, -0.2) is 4.39 Å². The first-order chi connectivity index (χ1) is 22.1. The summed E-state index contributed by atoms with van der Waals surface area (Å²) in [6, 6.07) is 13.8. The lowest BCUT2D eigenvalue weighted by atomic mass is 9.85. The van der Waals surface area contributed by atoms with E-state index in [1.165, 1.54) is 0 Å². The van der Waals surface area contributed by atoms with Gasteiger partial charge in [-0.2, -0.15) is 0 Å². The number of carboxylic acids is 1. The zero-order chi connectivity index (χ0) is 32.6. The Morgan fingerprint density at radius 2 is 1.72 bits per heavy atom. The maximum Gasteiger partial charge on any atom is 0.306 e. The molecule has 9 heteroatoms. The van der Waals surface area contributed by atoms with Gasteiger partial charge in [0.1, 0.15) is 5.75 Å². The summed E-state index contributed by atoms with van der Waals surface area (Å²) in [4.78, 5) is 32.6. The Morgan fingerprint density at radius 3 is 2.35 bits per heavy atom. The third-order valence-electron chi connectivity index (χ3n) is 11.5. The number of piperidine rings is 1. The van der Waals surface area contributed by atoms with Gasteiger partial charge >= 0.3 is 5.97 Å². The van der Waals surface area contributed by atoms with Gasteiger partial charge in [0.15, 0.2) is 0 Å². The molecule has 0 radical (unpaired) electrons. The van der Waals surface area contributed by atoms with Gasteiger partial charge in [0, 0.05) is 67.4 Å². The smallest absolute Gasteiger partial charge is 0.306 e. The zero-order valence-electron chi connectivity index (χ0n) is 27.5. The van der Waals surface area contributed by atoms with Crippen molar-refractivity contribution in [2.45, 2.75) is 94.8 Å². The highest BCUT2D eigenvalue weighted by atomic mass is 35.5. The summed E-state index contributed by atoms with van der Waals surface area (Å²) in [6.07, 6.45) is 7.07. The van der Waals surface area contributed by atoms with Crippen LogP contribution in [0.1, 0.15) is 88.2 Å². The van der Waals surface area contributed by atoms with E-state index in [-0.39, 0.29) is 30.3 Å². The number of halogens is 2. The van der Waals surface area contributed by atoms with E-state index in [2.05, 4.69) is 29.7 Å². The highest BCUT2D eigenvalue weighted by Crippen LogP contribution is 2.47. The predicted molar refractivity (Wildman–Crippen MR) is 180 cm³/mol. The van der Waals surface area contributed by atoms with Crippen LogP contribution in [0.3, 0.4) is 0 Å². The fraction of sp³-hybridized carbons (Fsp3) is 0.622. The second-order valence-electron chi connectivity index (χ2n) is 14.3. The molecule has 0 bridgehead atoms. The molecular weight excluding hydrogens is 605 g/mol. The van der Waals surface area contributed by atoms with E-state index < -0.39 is 17.6 Å². The number of nitrogens with zero attached hydrogens (tertiary/aromatic N) is 3. The molecule has 3 heterocycles. The average Bonchev–Trinajstić information content (AvgIpc) is 3.67. The number of benzene rings is 2. The Morgan fingerprint density at radius 1 is 1.02 bits per heavy atom. The van der Waals surface area contributed by atoms with E-state index in [9.17, 15) is 14.7 Å². The summed E-state index contributed by atoms with van der Waals surface area (Å²) in [5.74, 6) is -0.547. The van der Waals surface area contributed by atoms with Crippen LogP contribution in [0.25, 0.3) is 0 Å². The molecule has 1 N–H and O–H groups in total. The van der Waals surface area contributed by atoms with Gasteiger partial charge in [0.05, 0.1) is 13.0 Å². The number of hydrogen-bond donors (Lipinski definition) is 1. The SMILES string of the molecule is CC[C@@H]1C[C@@H](c2ccc(Cl)cc2N2CCC(C(=O)O)CC2)CN1C(=O)[C@]1(F)CN(C2CCC(C)CC2)C[C@H]1c1ccc(OC)cc1. The largest absolute Gasteiger partial charge is 0.497 e. The number of carbonyl (C=O) groups excluding carboxylic acids is 1. The van der Waals surface area contributed by atoms with Crippen LogP contribution in [0.15, 0.2) is 42.5 Å². The molecule has 3 saturated heterocycles. The van der Waals surface area contributed by atoms with Crippen LogP contribution < -0.4 is 9.64 Å². The second kappa shape index (κ2) is 13.7. The highest BCUT2D eigenvalue weighted by Gasteiger charge is 2.57. The fourth-order valence-corrected chi connectivity index (χ4v) is 8.84. The number of hydrogen-bond acceptors (Lipinski definition) is 5. The summed E-state index contributed by atoms with van der Waals surface area (Å²) in [6.45, 7) is 6.79. The van der Waals surface area contributed by atoms with Crippen molar-refractivity contribution in [3.8, 4) is 5.75 Å². The molecule has 1 amide bonds. The number of anilines is 1. The molecule has 46 heavy (non-hydrogen) atoms. The molecule has 4 aliphatic rings. The third kappa shape index (κ3) is 6.49. The summed E-state index contributed by atoms with van der Waals surface area (Å²) in [5, 5.41) is 10.1. The molecule has 0 spiro atoms. The second-order valence-corrected chi connectivity index (χ2v) is 14.7. The Bertz CT molecular complexity index is 1390. The van der Waals surface area contributed by atoms with E-state index in [1.807, 2.05) is 41.3 Å². The van der Waals surface area contributed by atoms with Gasteiger partial charge in [-0.1, -0.05) is 43.6 Å². The van der Waals surface area contributed by atoms with Gasteiger partial charge in [0.25, 0.3) is 5.91 Å². The van der Waals surface area contributed by atoms with E-state index >= 15 is 4.39 Å². The molecule has 1 aliphatic carbocycles. The van der Waals surface area contributed by atoms with Crippen molar-refractivity contribution in [1.29, 1.82) is 0 Å². The van der Waals surface area contributed by atoms with Crippen molar-refractivity contribution in [2.75, 3.05) is 44.7 Å². The minimum atomic E-state index is -2.03. The lowest BCUT2D eigenvalue weighted by molar-refractivity contribution is -0.145. The van der Waals surface area contributed by atoms with Crippen molar-refractivity contribution in [3.63, 3.8) is 0 Å². The number of carbonyl (C=O) groups is 2. The van der Waals surface area contributed by atoms with Crippen LogP contribution in [0, 0.1) is 11.8 Å². The standard InChI is InChI=1S/C37H49ClFN3O4/c1-4-29-19-27(32-14-9-28(38)20-34(32)40-17-15-26(16-18-40)35(43)44)21-42(29)36(45)37(39)23-41(30-10-5-24(2)6-11-30)22-33(37)25-7-12-31(46-3)13-8-25/h7-9,12-14,20,24,26-27,29-30,33H,4-6,10-11,15-19,21-23H2,1-3H3,(H,43,44)/t24?,27-,29-,30?,33+,37+/m1/s1. The van der Waals surface area contributed by atoms with Crippen molar-refractivity contribution in [3.05, 3.63) is 58.6 Å². The van der Waals surface area contributed by atoms with E-state index in [0.29, 0.717) is 56.0 Å². The molecule has 6 rings (SSSR count). The van der Waals surface area contributed by atoms with Gasteiger partial charge < -0.3 is 19.6 Å². The van der Waals surface area contributed by atoms with E-state index in [1.54, 1.807) is 7.11 Å². The highest BCUT2D eigenvalue weighted by molar-refractivity contribution is 6.30. The molecule has 0 aromatic heterocycles. The van der Waals surface area contributed by atoms with Crippen molar-refractivity contribution >= 4 is 29.2 Å². The molecule has 3 aliphatic heterocycles. The van der Waals surface area contributed by atoms with Crippen LogP contribution in [-0.4, -0.2) is 84.4 Å². The number of carboxylic acid groups (broad SMARTS) is 1. The minimum Gasteiger partial charge on any atom is -0.497 e. The first kappa shape index (κ1) is 33.1. The van der Waals surface area contributed by atoms with Gasteiger partial charge in [-0.15, -0.1) is 0 Å². The number of rotatable bonds is 8. The molecule has 7 nitrogen and oxygen atoms in total. The summed E-state index contributed by atoms with van der Waals surface area (Å²) >= 11 is 6.49. The number of methoxy groups -OCH3 is 1. The Hall–Kier alpha value is -2.84. The maximum atomic E-state index is 17.8. The number of alkyl halides is 1. The van der Waals surface area contributed by atoms with E-state index in [4.69, 9.17) is 16.3 Å². The van der Waals surface area contributed by atoms with Crippen molar-refractivity contribution in [2.24, 2.45) is 11.8 Å². The van der Waals surface area contributed by atoms with Gasteiger partial charge in [-0.3, -0.25) is 14.5 Å². The zero-order valence-corrected chi connectivity index (χ0v) is 28.2. The maximum absolute atomic E-state index is 17.8. The van der Waals surface area contributed by atoms with Gasteiger partial charge in [0.2, 0.25) is 5.67 Å². The lowest BCUT2D eigenvalue weighted by Crippen LogP contribution is -2.52. The summed E-state index contributed by atoms with van der Waals surface area (Å²) in [5.41, 5.74) is 0.935. The van der Waals surface area contributed by atoms with Crippen LogP contribution in [0.5, 0.6) is 5.75 Å². The molecule has 4 fully saturated rings. The quantitative estimate of drug-likeness (QED) is 0.327. The fourth-order valence-electron chi connectivity index (χ4n) is 8.68.